The lowest BCUT2D eigenvalue weighted by Gasteiger charge is -2.39. The molecular formula is C12H22N2O. The van der Waals surface area contributed by atoms with E-state index in [9.17, 15) is 4.79 Å². The van der Waals surface area contributed by atoms with Crippen molar-refractivity contribution in [1.82, 2.24) is 10.2 Å². The van der Waals surface area contributed by atoms with Crippen LogP contribution in [-0.4, -0.2) is 29.6 Å². The Balaban J connectivity index is 1.99. The smallest absolute Gasteiger partial charge is 0.238 e. The Labute approximate surface area is 92.2 Å². The van der Waals surface area contributed by atoms with Gasteiger partial charge in [0, 0.05) is 6.04 Å². The summed E-state index contributed by atoms with van der Waals surface area (Å²) in [5, 5.41) is 3.32. The first-order valence-corrected chi connectivity index (χ1v) is 6.28. The molecule has 0 radical (unpaired) electrons. The minimum absolute atomic E-state index is 0.299. The Hall–Kier alpha value is -0.570. The van der Waals surface area contributed by atoms with Crippen LogP contribution in [0.15, 0.2) is 0 Å². The molecule has 2 unspecified atom stereocenters. The molecule has 0 bridgehead atoms. The molecular weight excluding hydrogens is 188 g/mol. The average molecular weight is 210 g/mol. The van der Waals surface area contributed by atoms with Crippen LogP contribution in [0, 0.1) is 5.92 Å². The summed E-state index contributed by atoms with van der Waals surface area (Å²) in [6, 6.07) is 0.442. The van der Waals surface area contributed by atoms with Crippen molar-refractivity contribution in [2.24, 2.45) is 5.92 Å². The SMILES string of the molecule is CCCC1NCC(=O)N1C(C)C1CCC1. The van der Waals surface area contributed by atoms with E-state index in [1.807, 2.05) is 0 Å². The van der Waals surface area contributed by atoms with Crippen molar-refractivity contribution >= 4 is 5.91 Å². The Morgan fingerprint density at radius 2 is 2.27 bits per heavy atom. The number of nitrogens with zero attached hydrogens (tertiary/aromatic N) is 1. The molecule has 1 aliphatic heterocycles. The third-order valence-electron chi connectivity index (χ3n) is 3.95. The predicted octanol–water partition coefficient (Wildman–Crippen LogP) is 1.73. The molecule has 1 saturated carbocycles. The highest BCUT2D eigenvalue weighted by atomic mass is 16.2. The topological polar surface area (TPSA) is 32.3 Å². The van der Waals surface area contributed by atoms with Crippen LogP contribution in [0.25, 0.3) is 0 Å². The number of hydrogen-bond donors (Lipinski definition) is 1. The third-order valence-corrected chi connectivity index (χ3v) is 3.95. The summed E-state index contributed by atoms with van der Waals surface area (Å²) in [7, 11) is 0. The molecule has 2 atom stereocenters. The van der Waals surface area contributed by atoms with Gasteiger partial charge < -0.3 is 4.90 Å². The first-order valence-electron chi connectivity index (χ1n) is 6.28. The van der Waals surface area contributed by atoms with E-state index < -0.39 is 0 Å². The molecule has 0 aromatic heterocycles. The fraction of sp³-hybridized carbons (Fsp3) is 0.917. The van der Waals surface area contributed by atoms with Gasteiger partial charge >= 0.3 is 0 Å². The number of amides is 1. The van der Waals surface area contributed by atoms with Crippen LogP contribution in [0.2, 0.25) is 0 Å². The molecule has 1 amide bonds. The first-order chi connectivity index (χ1) is 7.24. The number of nitrogens with one attached hydrogen (secondary N) is 1. The molecule has 0 aromatic rings. The maximum atomic E-state index is 11.8. The van der Waals surface area contributed by atoms with Crippen molar-refractivity contribution in [3.8, 4) is 0 Å². The lowest BCUT2D eigenvalue weighted by atomic mass is 9.79. The minimum Gasteiger partial charge on any atom is -0.323 e. The van der Waals surface area contributed by atoms with E-state index in [4.69, 9.17) is 0 Å². The zero-order valence-electron chi connectivity index (χ0n) is 9.83. The van der Waals surface area contributed by atoms with Gasteiger partial charge in [0.2, 0.25) is 5.91 Å². The van der Waals surface area contributed by atoms with E-state index in [-0.39, 0.29) is 0 Å². The number of carbonyl (C=O) groups is 1. The molecule has 2 fully saturated rings. The van der Waals surface area contributed by atoms with Crippen LogP contribution in [0.3, 0.4) is 0 Å². The van der Waals surface area contributed by atoms with E-state index in [2.05, 4.69) is 24.1 Å². The van der Waals surface area contributed by atoms with Gasteiger partial charge in [-0.05, 0) is 32.1 Å². The van der Waals surface area contributed by atoms with Crippen molar-refractivity contribution in [2.75, 3.05) is 6.54 Å². The van der Waals surface area contributed by atoms with Crippen LogP contribution >= 0.6 is 0 Å². The van der Waals surface area contributed by atoms with Crippen molar-refractivity contribution < 1.29 is 4.79 Å². The van der Waals surface area contributed by atoms with Crippen LogP contribution in [-0.2, 0) is 4.79 Å². The molecule has 2 rings (SSSR count). The maximum Gasteiger partial charge on any atom is 0.238 e. The van der Waals surface area contributed by atoms with Crippen molar-refractivity contribution in [3.05, 3.63) is 0 Å². The standard InChI is InChI=1S/C12H22N2O/c1-3-5-11-13-8-12(15)14(11)9(2)10-6-4-7-10/h9-11,13H,3-8H2,1-2H3. The number of carbonyl (C=O) groups excluding carboxylic acids is 1. The summed E-state index contributed by atoms with van der Waals surface area (Å²) < 4.78 is 0. The molecule has 0 spiro atoms. The molecule has 0 aromatic carbocycles. The van der Waals surface area contributed by atoms with Gasteiger partial charge in [0.25, 0.3) is 0 Å². The maximum absolute atomic E-state index is 11.8. The van der Waals surface area contributed by atoms with E-state index >= 15 is 0 Å². The number of hydrogen-bond acceptors (Lipinski definition) is 2. The third kappa shape index (κ3) is 2.03. The van der Waals surface area contributed by atoms with Gasteiger partial charge in [-0.25, -0.2) is 0 Å². The molecule has 2 aliphatic rings. The Kier molecular flexibility index (Phi) is 3.29. The van der Waals surface area contributed by atoms with Crippen molar-refractivity contribution in [3.63, 3.8) is 0 Å². The quantitative estimate of drug-likeness (QED) is 0.766. The molecule has 1 aliphatic carbocycles. The zero-order chi connectivity index (χ0) is 10.8. The summed E-state index contributed by atoms with van der Waals surface area (Å²) in [6.07, 6.45) is 6.50. The van der Waals surface area contributed by atoms with Gasteiger partial charge in [0.15, 0.2) is 0 Å². The molecule has 1 heterocycles. The van der Waals surface area contributed by atoms with Crippen molar-refractivity contribution in [1.29, 1.82) is 0 Å². The highest BCUT2D eigenvalue weighted by molar-refractivity contribution is 5.81. The summed E-state index contributed by atoms with van der Waals surface area (Å²) in [4.78, 5) is 13.9. The zero-order valence-corrected chi connectivity index (χ0v) is 9.83. The summed E-state index contributed by atoms with van der Waals surface area (Å²) in [5.74, 6) is 1.06. The van der Waals surface area contributed by atoms with E-state index in [0.29, 0.717) is 24.7 Å². The largest absolute Gasteiger partial charge is 0.323 e. The summed E-state index contributed by atoms with van der Waals surface area (Å²) in [5.41, 5.74) is 0. The Bertz CT molecular complexity index is 238. The van der Waals surface area contributed by atoms with Crippen molar-refractivity contribution in [2.45, 2.75) is 58.2 Å². The van der Waals surface area contributed by atoms with Gasteiger partial charge in [0.05, 0.1) is 12.7 Å². The Morgan fingerprint density at radius 1 is 1.53 bits per heavy atom. The molecule has 3 heteroatoms. The van der Waals surface area contributed by atoms with E-state index in [1.165, 1.54) is 19.3 Å². The highest BCUT2D eigenvalue weighted by Gasteiger charge is 2.38. The van der Waals surface area contributed by atoms with Crippen LogP contribution in [0.5, 0.6) is 0 Å². The molecule has 3 nitrogen and oxygen atoms in total. The van der Waals surface area contributed by atoms with Crippen LogP contribution in [0.4, 0.5) is 0 Å². The Morgan fingerprint density at radius 3 is 2.80 bits per heavy atom. The second-order valence-electron chi connectivity index (χ2n) is 4.92. The fourth-order valence-corrected chi connectivity index (χ4v) is 2.74. The molecule has 1 N–H and O–H groups in total. The van der Waals surface area contributed by atoms with Gasteiger partial charge in [-0.1, -0.05) is 19.8 Å². The van der Waals surface area contributed by atoms with Gasteiger partial charge in [-0.3, -0.25) is 10.1 Å². The van der Waals surface area contributed by atoms with Gasteiger partial charge in [-0.2, -0.15) is 0 Å². The van der Waals surface area contributed by atoms with Gasteiger partial charge in [-0.15, -0.1) is 0 Å². The monoisotopic (exact) mass is 210 g/mol. The fourth-order valence-electron chi connectivity index (χ4n) is 2.74. The molecule has 86 valence electrons. The van der Waals surface area contributed by atoms with Gasteiger partial charge in [0.1, 0.15) is 0 Å². The van der Waals surface area contributed by atoms with Crippen LogP contribution < -0.4 is 5.32 Å². The summed E-state index contributed by atoms with van der Waals surface area (Å²) >= 11 is 0. The molecule has 1 saturated heterocycles. The average Bonchev–Trinajstić information content (AvgIpc) is 2.45. The van der Waals surface area contributed by atoms with E-state index in [0.717, 1.165) is 18.8 Å². The normalized spacial score (nSPS) is 29.3. The first kappa shape index (κ1) is 10.9. The second-order valence-corrected chi connectivity index (χ2v) is 4.92. The second kappa shape index (κ2) is 4.52. The molecule has 15 heavy (non-hydrogen) atoms. The predicted molar refractivity (Wildman–Crippen MR) is 60.3 cm³/mol. The highest BCUT2D eigenvalue weighted by Crippen LogP contribution is 2.33. The number of rotatable bonds is 4. The summed E-state index contributed by atoms with van der Waals surface area (Å²) in [6.45, 7) is 4.94. The minimum atomic E-state index is 0.299. The lowest BCUT2D eigenvalue weighted by molar-refractivity contribution is -0.131. The lowest BCUT2D eigenvalue weighted by Crippen LogP contribution is -2.48. The van der Waals surface area contributed by atoms with Crippen LogP contribution in [0.1, 0.15) is 46.0 Å². The van der Waals surface area contributed by atoms with E-state index in [1.54, 1.807) is 0 Å².